The maximum Gasteiger partial charge on any atom is 0.410 e. The van der Waals surface area contributed by atoms with Crippen LogP contribution in [0.15, 0.2) is 41.6 Å². The molecule has 0 bridgehead atoms. The Morgan fingerprint density at radius 1 is 1.10 bits per heavy atom. The lowest BCUT2D eigenvalue weighted by Gasteiger charge is -2.60. The topological polar surface area (TPSA) is 105 Å². The number of ether oxygens (including phenoxy) is 1. The molecule has 0 saturated carbocycles. The number of hydrogen-bond acceptors (Lipinski definition) is 8. The molecule has 2 aliphatic heterocycles. The normalized spacial score (nSPS) is 17.7. The predicted molar refractivity (Wildman–Crippen MR) is 117 cm³/mol. The summed E-state index contributed by atoms with van der Waals surface area (Å²) >= 11 is 0. The highest BCUT2D eigenvalue weighted by atomic mass is 32.2. The van der Waals surface area contributed by atoms with E-state index in [0.717, 1.165) is 11.9 Å². The lowest BCUT2D eigenvalue weighted by molar-refractivity contribution is -0.0455. The van der Waals surface area contributed by atoms with Crippen molar-refractivity contribution in [3.63, 3.8) is 0 Å². The summed E-state index contributed by atoms with van der Waals surface area (Å²) in [7, 11) is -3.57. The third-order valence-corrected chi connectivity index (χ3v) is 6.00. The van der Waals surface area contributed by atoms with Crippen LogP contribution in [0.1, 0.15) is 20.8 Å². The Bertz CT molecular complexity index is 1080. The van der Waals surface area contributed by atoms with E-state index in [4.69, 9.17) is 4.74 Å². The van der Waals surface area contributed by atoms with Crippen LogP contribution in [0.5, 0.6) is 0 Å². The number of likely N-dealkylation sites (tertiary alicyclic amines) is 1. The first kappa shape index (κ1) is 21.4. The van der Waals surface area contributed by atoms with Gasteiger partial charge in [-0.15, -0.1) is 0 Å². The molecule has 2 fully saturated rings. The molecule has 1 aromatic heterocycles. The molecule has 2 aliphatic rings. The Labute approximate surface area is 182 Å². The van der Waals surface area contributed by atoms with Crippen molar-refractivity contribution in [3.05, 3.63) is 36.4 Å². The Balaban J connectivity index is 1.46. The van der Waals surface area contributed by atoms with Gasteiger partial charge in [-0.1, -0.05) is 18.2 Å². The number of nitrogens with one attached hydrogen (secondary N) is 1. The number of nitrogens with zero attached hydrogens (tertiary/aromatic N) is 4. The molecule has 166 valence electrons. The summed E-state index contributed by atoms with van der Waals surface area (Å²) in [6, 6.07) is 11.2. The number of anilines is 3. The molecule has 1 aromatic carbocycles. The van der Waals surface area contributed by atoms with Crippen LogP contribution in [-0.2, 0) is 14.6 Å². The molecule has 3 heterocycles. The van der Waals surface area contributed by atoms with Crippen molar-refractivity contribution in [1.29, 1.82) is 0 Å². The van der Waals surface area contributed by atoms with E-state index < -0.39 is 15.4 Å². The average Bonchev–Trinajstić information content (AvgIpc) is 2.58. The van der Waals surface area contributed by atoms with Crippen LogP contribution in [0.25, 0.3) is 0 Å². The van der Waals surface area contributed by atoms with Crippen molar-refractivity contribution in [2.45, 2.75) is 31.5 Å². The molecule has 0 radical (unpaired) electrons. The molecular weight excluding hydrogens is 418 g/mol. The lowest BCUT2D eigenvalue weighted by atomic mass is 9.73. The molecule has 1 amide bonds. The predicted octanol–water partition coefficient (Wildman–Crippen LogP) is 2.68. The van der Waals surface area contributed by atoms with Crippen LogP contribution < -0.4 is 10.2 Å². The molecule has 1 N–H and O–H groups in total. The average molecular weight is 446 g/mol. The fourth-order valence-electron chi connectivity index (χ4n) is 3.82. The van der Waals surface area contributed by atoms with Gasteiger partial charge in [-0.3, -0.25) is 0 Å². The number of para-hydroxylation sites is 1. The fourth-order valence-corrected chi connectivity index (χ4v) is 4.34. The van der Waals surface area contributed by atoms with Gasteiger partial charge in [0.05, 0.1) is 0 Å². The summed E-state index contributed by atoms with van der Waals surface area (Å²) in [5.41, 5.74) is 0.287. The van der Waals surface area contributed by atoms with Gasteiger partial charge in [0.2, 0.25) is 9.84 Å². The second-order valence-corrected chi connectivity index (χ2v) is 11.3. The van der Waals surface area contributed by atoms with Crippen LogP contribution in [0.2, 0.25) is 0 Å². The van der Waals surface area contributed by atoms with Crippen LogP contribution in [0.3, 0.4) is 0 Å². The summed E-state index contributed by atoms with van der Waals surface area (Å²) in [5.74, 6) is 0.969. The molecule has 31 heavy (non-hydrogen) atoms. The zero-order chi connectivity index (χ0) is 22.4. The molecule has 0 unspecified atom stereocenters. The second-order valence-electron chi connectivity index (χ2n) is 9.35. The third kappa shape index (κ3) is 4.73. The minimum atomic E-state index is -3.57. The van der Waals surface area contributed by atoms with Gasteiger partial charge in [0.15, 0.2) is 0 Å². The number of hydrogen-bond donors (Lipinski definition) is 1. The van der Waals surface area contributed by atoms with Gasteiger partial charge in [-0.2, -0.15) is 0 Å². The summed E-state index contributed by atoms with van der Waals surface area (Å²) in [5, 5.41) is 2.93. The van der Waals surface area contributed by atoms with Gasteiger partial charge in [0, 0.05) is 49.6 Å². The van der Waals surface area contributed by atoms with Crippen molar-refractivity contribution in [3.8, 4) is 0 Å². The SMILES string of the molecule is CC(C)(C)OC(=O)N1CC2(C1)CN(c1cc(Nc3ccccc3)nc(S(C)(=O)=O)n1)C2. The van der Waals surface area contributed by atoms with Gasteiger partial charge in [0.1, 0.15) is 17.2 Å². The van der Waals surface area contributed by atoms with E-state index >= 15 is 0 Å². The van der Waals surface area contributed by atoms with Crippen molar-refractivity contribution in [2.75, 3.05) is 42.7 Å². The van der Waals surface area contributed by atoms with E-state index in [2.05, 4.69) is 15.3 Å². The summed E-state index contributed by atoms with van der Waals surface area (Å²) in [4.78, 5) is 24.4. The smallest absolute Gasteiger partial charge is 0.410 e. The molecular formula is C21H27N5O4S. The number of benzene rings is 1. The van der Waals surface area contributed by atoms with Gasteiger partial charge in [-0.05, 0) is 32.9 Å². The quantitative estimate of drug-likeness (QED) is 0.717. The highest BCUT2D eigenvalue weighted by Crippen LogP contribution is 2.42. The van der Waals surface area contributed by atoms with Crippen LogP contribution >= 0.6 is 0 Å². The van der Waals surface area contributed by atoms with E-state index in [1.54, 1.807) is 11.0 Å². The number of sulfone groups is 1. The number of carbonyl (C=O) groups is 1. The number of carbonyl (C=O) groups excluding carboxylic acids is 1. The molecule has 0 aliphatic carbocycles. The molecule has 1 spiro atoms. The van der Waals surface area contributed by atoms with Gasteiger partial charge in [0.25, 0.3) is 5.16 Å². The van der Waals surface area contributed by atoms with Gasteiger partial charge < -0.3 is 19.9 Å². The maximum absolute atomic E-state index is 12.2. The van der Waals surface area contributed by atoms with Crippen molar-refractivity contribution < 1.29 is 17.9 Å². The highest BCUT2D eigenvalue weighted by Gasteiger charge is 2.54. The van der Waals surface area contributed by atoms with E-state index in [1.165, 1.54) is 0 Å². The van der Waals surface area contributed by atoms with E-state index in [1.807, 2.05) is 56.0 Å². The van der Waals surface area contributed by atoms with E-state index in [9.17, 15) is 13.2 Å². The zero-order valence-corrected chi connectivity index (χ0v) is 18.9. The molecule has 2 saturated heterocycles. The van der Waals surface area contributed by atoms with E-state index in [-0.39, 0.29) is 16.7 Å². The zero-order valence-electron chi connectivity index (χ0n) is 18.1. The van der Waals surface area contributed by atoms with Crippen molar-refractivity contribution >= 4 is 33.3 Å². The Morgan fingerprint density at radius 2 is 1.74 bits per heavy atom. The van der Waals surface area contributed by atoms with Gasteiger partial charge in [-0.25, -0.2) is 23.2 Å². The Kier molecular flexibility index (Phi) is 5.07. The Hall–Kier alpha value is -2.88. The molecule has 4 rings (SSSR count). The number of rotatable bonds is 4. The molecule has 2 aromatic rings. The maximum atomic E-state index is 12.2. The second kappa shape index (κ2) is 7.37. The minimum absolute atomic E-state index is 0.000128. The van der Waals surface area contributed by atoms with E-state index in [0.29, 0.717) is 37.8 Å². The van der Waals surface area contributed by atoms with Crippen molar-refractivity contribution in [1.82, 2.24) is 14.9 Å². The first-order chi connectivity index (χ1) is 14.4. The number of aromatic nitrogens is 2. The first-order valence-corrected chi connectivity index (χ1v) is 12.0. The number of amides is 1. The molecule has 10 heteroatoms. The standard InChI is InChI=1S/C21H27N5O4S/c1-20(2,3)30-19(27)26-13-21(14-26)11-25(12-21)17-10-16(22-15-8-6-5-7-9-15)23-18(24-17)31(4,28)29/h5-10H,11-14H2,1-4H3,(H,22,23,24). The van der Waals surface area contributed by atoms with Crippen LogP contribution in [-0.4, -0.2) is 67.4 Å². The first-order valence-electron chi connectivity index (χ1n) is 10.1. The molecule has 0 atom stereocenters. The van der Waals surface area contributed by atoms with Crippen LogP contribution in [0, 0.1) is 5.41 Å². The highest BCUT2D eigenvalue weighted by molar-refractivity contribution is 7.90. The van der Waals surface area contributed by atoms with Gasteiger partial charge >= 0.3 is 6.09 Å². The summed E-state index contributed by atoms with van der Waals surface area (Å²) < 4.78 is 29.7. The fraction of sp³-hybridized carbons (Fsp3) is 0.476. The molecule has 9 nitrogen and oxygen atoms in total. The Morgan fingerprint density at radius 3 is 2.32 bits per heavy atom. The van der Waals surface area contributed by atoms with Crippen LogP contribution in [0.4, 0.5) is 22.1 Å². The van der Waals surface area contributed by atoms with Crippen molar-refractivity contribution in [2.24, 2.45) is 5.41 Å². The summed E-state index contributed by atoms with van der Waals surface area (Å²) in [6.45, 7) is 8.17. The monoisotopic (exact) mass is 445 g/mol. The lowest BCUT2D eigenvalue weighted by Crippen LogP contribution is -2.73. The third-order valence-electron chi connectivity index (χ3n) is 5.15. The summed E-state index contributed by atoms with van der Waals surface area (Å²) in [6.07, 6.45) is 0.799. The largest absolute Gasteiger partial charge is 0.444 e. The minimum Gasteiger partial charge on any atom is -0.444 e.